The number of carbonyl (C=O) groups excluding carboxylic acids is 3. The highest BCUT2D eigenvalue weighted by Crippen LogP contribution is 2.15. The van der Waals surface area contributed by atoms with Crippen LogP contribution in [-0.2, 0) is 41.5 Å². The minimum Gasteiger partial charge on any atom is -0.481 e. The Balaban J connectivity index is 2.22. The molecule has 0 saturated carbocycles. The first-order chi connectivity index (χ1) is 17.5. The third-order valence-electron chi connectivity index (χ3n) is 5.44. The summed E-state index contributed by atoms with van der Waals surface area (Å²) in [6, 6.07) is 16.1. The molecular formula is C28H36N2O7. The summed E-state index contributed by atoms with van der Waals surface area (Å²) in [7, 11) is 0. The molecule has 0 bridgehead atoms. The fourth-order valence-corrected chi connectivity index (χ4v) is 3.49. The molecule has 2 rings (SSSR count). The van der Waals surface area contributed by atoms with Gasteiger partial charge in [-0.25, -0.2) is 0 Å². The number of ether oxygens (including phenoxy) is 2. The van der Waals surface area contributed by atoms with Gasteiger partial charge in [0.25, 0.3) is 0 Å². The number of aliphatic carboxylic acids is 1. The van der Waals surface area contributed by atoms with Crippen molar-refractivity contribution < 1.29 is 33.8 Å². The Bertz CT molecular complexity index is 1040. The number of nitrogens with one attached hydrogen (secondary N) is 2. The molecule has 1 unspecified atom stereocenters. The molecule has 0 heterocycles. The van der Waals surface area contributed by atoms with Gasteiger partial charge in [0.15, 0.2) is 0 Å². The number of hydrogen-bond donors (Lipinski definition) is 3. The Morgan fingerprint density at radius 3 is 1.84 bits per heavy atom. The molecule has 0 saturated heterocycles. The van der Waals surface area contributed by atoms with E-state index in [1.54, 1.807) is 27.7 Å². The molecule has 37 heavy (non-hydrogen) atoms. The minimum absolute atomic E-state index is 0.218. The molecule has 3 atom stereocenters. The summed E-state index contributed by atoms with van der Waals surface area (Å²) in [6.07, 6.45) is 0.235. The molecule has 0 aliphatic carbocycles. The van der Waals surface area contributed by atoms with E-state index < -0.39 is 54.1 Å². The van der Waals surface area contributed by atoms with Crippen molar-refractivity contribution in [2.45, 2.75) is 65.1 Å². The molecule has 1 amide bonds. The number of rotatable bonds is 13. The molecular weight excluding hydrogens is 476 g/mol. The molecule has 0 spiro atoms. The number of benzene rings is 2. The lowest BCUT2D eigenvalue weighted by molar-refractivity contribution is -0.174. The van der Waals surface area contributed by atoms with Crippen LogP contribution in [0.15, 0.2) is 60.7 Å². The van der Waals surface area contributed by atoms with Gasteiger partial charge in [0.2, 0.25) is 12.7 Å². The Kier molecular flexibility index (Phi) is 11.3. The predicted octanol–water partition coefficient (Wildman–Crippen LogP) is 2.87. The van der Waals surface area contributed by atoms with Crippen LogP contribution in [0, 0.1) is 5.41 Å². The fraction of sp³-hybridized carbons (Fsp3) is 0.429. The van der Waals surface area contributed by atoms with Crippen molar-refractivity contribution >= 4 is 23.8 Å². The third kappa shape index (κ3) is 10.8. The first kappa shape index (κ1) is 29.5. The number of carboxylic acids is 1. The highest BCUT2D eigenvalue weighted by Gasteiger charge is 2.30. The maximum atomic E-state index is 13.2. The van der Waals surface area contributed by atoms with Crippen LogP contribution < -0.4 is 10.6 Å². The summed E-state index contributed by atoms with van der Waals surface area (Å²) in [4.78, 5) is 49.3. The minimum atomic E-state index is -1.03. The molecule has 3 N–H and O–H groups in total. The Labute approximate surface area is 217 Å². The maximum absolute atomic E-state index is 13.2. The zero-order valence-corrected chi connectivity index (χ0v) is 21.7. The number of carboxylic acid groups (broad SMARTS) is 1. The van der Waals surface area contributed by atoms with Crippen molar-refractivity contribution in [1.29, 1.82) is 0 Å². The van der Waals surface area contributed by atoms with Crippen LogP contribution in [0.5, 0.6) is 0 Å². The molecule has 200 valence electrons. The van der Waals surface area contributed by atoms with Crippen LogP contribution in [0.4, 0.5) is 0 Å². The van der Waals surface area contributed by atoms with Gasteiger partial charge in [-0.3, -0.25) is 24.5 Å². The summed E-state index contributed by atoms with van der Waals surface area (Å²) in [5, 5.41) is 14.9. The largest absolute Gasteiger partial charge is 0.481 e. The first-order valence-electron chi connectivity index (χ1n) is 12.2. The van der Waals surface area contributed by atoms with Gasteiger partial charge in [0.1, 0.15) is 6.04 Å². The maximum Gasteiger partial charge on any atom is 0.326 e. The van der Waals surface area contributed by atoms with Crippen LogP contribution in [0.1, 0.15) is 45.2 Å². The first-order valence-corrected chi connectivity index (χ1v) is 12.2. The van der Waals surface area contributed by atoms with Gasteiger partial charge < -0.3 is 19.9 Å². The summed E-state index contributed by atoms with van der Waals surface area (Å²) < 4.78 is 10.3. The van der Waals surface area contributed by atoms with E-state index in [1.807, 2.05) is 60.7 Å². The molecule has 9 heteroatoms. The van der Waals surface area contributed by atoms with Gasteiger partial charge in [0, 0.05) is 6.04 Å². The SMILES string of the molecule is C[C@H](CC(=O)O)NC(=O)[C@H](Cc1ccccc1)NC(Cc1ccccc1)C(=O)OCOC(=O)C(C)(C)C. The molecule has 9 nitrogen and oxygen atoms in total. The third-order valence-corrected chi connectivity index (χ3v) is 5.44. The topological polar surface area (TPSA) is 131 Å². The highest BCUT2D eigenvalue weighted by atomic mass is 16.7. The quantitative estimate of drug-likeness (QED) is 0.276. The molecule has 0 aliphatic rings. The number of carbonyl (C=O) groups is 4. The normalized spacial score (nSPS) is 13.6. The highest BCUT2D eigenvalue weighted by molar-refractivity contribution is 5.84. The zero-order valence-electron chi connectivity index (χ0n) is 21.7. The van der Waals surface area contributed by atoms with Crippen LogP contribution >= 0.6 is 0 Å². The fourth-order valence-electron chi connectivity index (χ4n) is 3.49. The summed E-state index contributed by atoms with van der Waals surface area (Å²) >= 11 is 0. The van der Waals surface area contributed by atoms with E-state index in [4.69, 9.17) is 14.6 Å². The van der Waals surface area contributed by atoms with Crippen LogP contribution in [0.3, 0.4) is 0 Å². The standard InChI is InChI=1S/C28H36N2O7/c1-19(15-24(31)32)29-25(33)22(16-20-11-7-5-8-12-20)30-23(17-21-13-9-6-10-14-21)26(34)36-18-37-27(35)28(2,3)4/h5-14,19,22-23,30H,15-18H2,1-4H3,(H,29,33)(H,31,32)/t19-,22+,23?/m1/s1. The Hall–Kier alpha value is -3.72. The second-order valence-electron chi connectivity index (χ2n) is 9.92. The van der Waals surface area contributed by atoms with Gasteiger partial charge >= 0.3 is 17.9 Å². The molecule has 0 fully saturated rings. The van der Waals surface area contributed by atoms with E-state index in [9.17, 15) is 19.2 Å². The van der Waals surface area contributed by atoms with Crippen molar-refractivity contribution in [3.05, 3.63) is 71.8 Å². The predicted molar refractivity (Wildman–Crippen MR) is 137 cm³/mol. The molecule has 2 aromatic rings. The van der Waals surface area contributed by atoms with Crippen molar-refractivity contribution in [1.82, 2.24) is 10.6 Å². The van der Waals surface area contributed by atoms with Crippen molar-refractivity contribution in [2.24, 2.45) is 5.41 Å². The molecule has 0 radical (unpaired) electrons. The van der Waals surface area contributed by atoms with Crippen LogP contribution in [-0.4, -0.2) is 53.8 Å². The van der Waals surface area contributed by atoms with E-state index in [0.717, 1.165) is 11.1 Å². The monoisotopic (exact) mass is 512 g/mol. The van der Waals surface area contributed by atoms with E-state index in [1.165, 1.54) is 0 Å². The smallest absolute Gasteiger partial charge is 0.326 e. The number of esters is 2. The second kappa shape index (κ2) is 14.1. The van der Waals surface area contributed by atoms with Crippen molar-refractivity contribution in [3.8, 4) is 0 Å². The summed E-state index contributed by atoms with van der Waals surface area (Å²) in [5.74, 6) is -2.67. The van der Waals surface area contributed by atoms with Gasteiger partial charge in [-0.05, 0) is 51.7 Å². The van der Waals surface area contributed by atoms with E-state index in [-0.39, 0.29) is 19.3 Å². The summed E-state index contributed by atoms with van der Waals surface area (Å²) in [6.45, 7) is 6.12. The number of amides is 1. The Morgan fingerprint density at radius 2 is 1.35 bits per heavy atom. The molecule has 0 aliphatic heterocycles. The van der Waals surface area contributed by atoms with E-state index in [0.29, 0.717) is 0 Å². The van der Waals surface area contributed by atoms with Gasteiger partial charge in [-0.15, -0.1) is 0 Å². The van der Waals surface area contributed by atoms with Gasteiger partial charge in [-0.2, -0.15) is 0 Å². The average Bonchev–Trinajstić information content (AvgIpc) is 2.83. The lowest BCUT2D eigenvalue weighted by atomic mass is 9.98. The van der Waals surface area contributed by atoms with Crippen molar-refractivity contribution in [3.63, 3.8) is 0 Å². The van der Waals surface area contributed by atoms with E-state index in [2.05, 4.69) is 10.6 Å². The zero-order chi connectivity index (χ0) is 27.4. The molecule has 2 aromatic carbocycles. The lowest BCUT2D eigenvalue weighted by Gasteiger charge is -2.26. The van der Waals surface area contributed by atoms with Crippen LogP contribution in [0.25, 0.3) is 0 Å². The lowest BCUT2D eigenvalue weighted by Crippen LogP contribution is -2.54. The average molecular weight is 513 g/mol. The summed E-state index contributed by atoms with van der Waals surface area (Å²) in [5.41, 5.74) is 0.938. The van der Waals surface area contributed by atoms with Gasteiger partial charge in [0.05, 0.1) is 17.9 Å². The number of hydrogen-bond acceptors (Lipinski definition) is 7. The second-order valence-corrected chi connectivity index (χ2v) is 9.92. The Morgan fingerprint density at radius 1 is 0.838 bits per heavy atom. The van der Waals surface area contributed by atoms with Gasteiger partial charge in [-0.1, -0.05) is 60.7 Å². The van der Waals surface area contributed by atoms with Crippen LogP contribution in [0.2, 0.25) is 0 Å². The van der Waals surface area contributed by atoms with Crippen molar-refractivity contribution in [2.75, 3.05) is 6.79 Å². The molecule has 0 aromatic heterocycles. The van der Waals surface area contributed by atoms with E-state index >= 15 is 0 Å².